The van der Waals surface area contributed by atoms with Crippen LogP contribution in [-0.2, 0) is 93.4 Å². The van der Waals surface area contributed by atoms with Crippen LogP contribution in [-0.4, -0.2) is 210 Å². The van der Waals surface area contributed by atoms with Crippen LogP contribution in [0, 0.1) is 41.5 Å². The zero-order valence-corrected chi connectivity index (χ0v) is 68.7. The number of ketones is 1. The molecule has 0 bridgehead atoms. The Morgan fingerprint density at radius 1 is 0.607 bits per heavy atom. The number of carbonyl (C=O) groups excluding carboxylic acids is 7. The lowest BCUT2D eigenvalue weighted by Gasteiger charge is -2.38. The second-order valence-corrected chi connectivity index (χ2v) is 35.6. The van der Waals surface area contributed by atoms with Crippen molar-refractivity contribution in [3.63, 3.8) is 0 Å². The van der Waals surface area contributed by atoms with Gasteiger partial charge in [-0.05, 0) is 152 Å². The molecule has 6 atom stereocenters. The Labute approximate surface area is 674 Å². The minimum Gasteiger partial charge on any atom is -0.480 e. The van der Waals surface area contributed by atoms with Gasteiger partial charge in [0.1, 0.15) is 47.1 Å². The highest BCUT2D eigenvalue weighted by Crippen LogP contribution is 2.34. The predicted octanol–water partition coefficient (Wildman–Crippen LogP) is 2.79. The molecule has 0 saturated heterocycles. The van der Waals surface area contributed by atoms with Crippen LogP contribution in [0.5, 0.6) is 0 Å². The quantitative estimate of drug-likeness (QED) is 0.0193. The molecule has 1 aliphatic rings. The van der Waals surface area contributed by atoms with Crippen LogP contribution in [0.25, 0.3) is 10.9 Å². The molecule has 0 aliphatic carbocycles. The van der Waals surface area contributed by atoms with Gasteiger partial charge in [-0.25, -0.2) is 31.6 Å². The number of aliphatic carboxylic acids is 2. The first-order chi connectivity index (χ1) is 54.7. The largest absolute Gasteiger partial charge is 0.480 e. The number of rotatable bonds is 41. The number of carboxylic acid groups (broad SMARTS) is 2. The summed E-state index contributed by atoms with van der Waals surface area (Å²) in [6.45, 7) is 12.3. The Hall–Kier alpha value is -11.2. The molecule has 0 saturated carbocycles. The van der Waals surface area contributed by atoms with E-state index in [1.54, 1.807) is 99.6 Å². The number of carboxylic acids is 2. The number of sulfonamides is 2. The van der Waals surface area contributed by atoms with Gasteiger partial charge in [0.2, 0.25) is 49.1 Å². The van der Waals surface area contributed by atoms with Gasteiger partial charge in [0.15, 0.2) is 17.7 Å². The van der Waals surface area contributed by atoms with E-state index in [2.05, 4.69) is 71.9 Å². The summed E-state index contributed by atoms with van der Waals surface area (Å²) in [6.07, 6.45) is 3.93. The molecule has 1 aliphatic heterocycles. The molecule has 4 heterocycles. The topological polar surface area (TPSA) is 583 Å². The van der Waals surface area contributed by atoms with E-state index in [9.17, 15) is 101 Å². The van der Waals surface area contributed by atoms with Gasteiger partial charge in [-0.2, -0.15) is 26.3 Å². The maximum Gasteiger partial charge on any atom is 0.408 e. The normalized spacial score (nSPS) is 14.5. The number of anilines is 3. The molecule has 3 aromatic heterocycles. The van der Waals surface area contributed by atoms with Gasteiger partial charge in [0, 0.05) is 112 Å². The van der Waals surface area contributed by atoms with Crippen LogP contribution in [0.15, 0.2) is 106 Å². The third kappa shape index (κ3) is 26.4. The number of fused-ring (bicyclic) bond motifs is 2. The molecule has 0 spiro atoms. The van der Waals surface area contributed by atoms with Crippen molar-refractivity contribution in [1.29, 1.82) is 0 Å². The number of carbonyl (C=O) groups is 9. The van der Waals surface area contributed by atoms with E-state index in [1.165, 1.54) is 57.6 Å². The van der Waals surface area contributed by atoms with E-state index >= 15 is 0 Å². The average Bonchev–Trinajstić information content (AvgIpc) is 0.900. The number of amides is 6. The maximum absolute atomic E-state index is 14.4. The first-order valence-electron chi connectivity index (χ1n) is 36.8. The lowest BCUT2D eigenvalue weighted by molar-refractivity contribution is -0.139. The molecule has 8 rings (SSSR count). The number of ether oxygens (including phenoxy) is 1. The van der Waals surface area contributed by atoms with E-state index in [0.717, 1.165) is 17.3 Å². The fraction of sp³-hybridized carbons (Fsp3) is 0.432. The number of aromatic nitrogens is 5. The summed E-state index contributed by atoms with van der Waals surface area (Å²) in [5, 5.41) is 40.8. The highest BCUT2D eigenvalue weighted by molar-refractivity contribution is 7.90. The number of benzene rings is 4. The van der Waals surface area contributed by atoms with Crippen LogP contribution >= 0.6 is 0 Å². The number of hydrogen-bond acceptors (Lipinski definition) is 24. The number of aromatic amines is 2. The van der Waals surface area contributed by atoms with Crippen molar-refractivity contribution < 1.29 is 101 Å². The fourth-order valence-corrected chi connectivity index (χ4v) is 18.2. The Bertz CT molecular complexity index is 5380. The smallest absolute Gasteiger partial charge is 0.408 e. The average molecular weight is 1710 g/mol. The number of H-pyrrole nitrogens is 2. The first-order valence-corrected chi connectivity index (χ1v) is 43.0. The Kier molecular flexibility index (Phi) is 30.6. The van der Waals surface area contributed by atoms with Crippen molar-refractivity contribution in [2.24, 2.45) is 0 Å². The highest BCUT2D eigenvalue weighted by Gasteiger charge is 2.39. The molecule has 16 N–H and O–H groups in total. The number of hydrogen-bond donors (Lipinski definition) is 16. The van der Waals surface area contributed by atoms with Crippen LogP contribution < -0.4 is 62.3 Å². The van der Waals surface area contributed by atoms with Crippen molar-refractivity contribution in [3.8, 4) is 0 Å². The standard InChI is InChI=1S/C74H96N16O23S4/c1-41-27-43(3)63(44(4)28-41)116(109,110)87-54(69(98)99)36-80-65(94)52-38-89(57-31-47(15-17-51(57)62(52)93)34-82-71-76-21-22-77-71)25-12-20-75-66(95)56(40-115(106,107)108)85-61(92)19-18-53(86-73(102)113-74(7,8)9)67(96)84-49(39-114(103,104)105)13-10-11-26-90-58-32-48(35-83-72-78-23-24-79-72)14-16-50(58)60(91)33-59(90)68(97)81-37-55(70(100)101)88-117(111,112)64-45(5)29-42(2)30-46(64)6/h14-17,21-24,27-32,38,49,53-56,59,87-88H,10-13,18-20,25-26,33-37,39-40H2,1-9H3,(H,75,95)(H,80,94)(H,81,97)(H,84,96)(H,85,92)(H,86,102)(H,98,99)(H,100,101)(H2,76,77,82)(H2,78,79,83)(H,103,104,105)(H,106,107,108)/t49-,53+,54+,55+,56+,59?/m1/s1. The third-order valence-electron chi connectivity index (χ3n) is 18.5. The van der Waals surface area contributed by atoms with E-state index < -0.39 is 190 Å². The number of aryl methyl sites for hydroxylation is 7. The van der Waals surface area contributed by atoms with Crippen LogP contribution in [0.4, 0.5) is 22.4 Å². The number of nitrogens with one attached hydrogen (secondary N) is 12. The molecule has 43 heteroatoms. The van der Waals surface area contributed by atoms with Gasteiger partial charge in [-0.3, -0.25) is 52.3 Å². The minimum atomic E-state index is -5.08. The zero-order chi connectivity index (χ0) is 86.2. The van der Waals surface area contributed by atoms with Crippen molar-refractivity contribution in [2.75, 3.05) is 53.2 Å². The zero-order valence-electron chi connectivity index (χ0n) is 65.4. The summed E-state index contributed by atoms with van der Waals surface area (Å²) in [7, 11) is -19.0. The SMILES string of the molecule is Cc1cc(C)c(S(=O)(=O)N[C@@H](CNC(=O)c2cn(CCCNC(=O)[C@H](CS(=O)(=O)O)NC(=O)CC[C@H](NC(=O)OC(C)(C)C)C(=O)N[C@H](CCCCN3c4cc(CNc5ncc[nH]5)ccc4C(=O)CC3C(=O)NC[C@H](NS(=O)(=O)c3c(C)cc(C)cc3C)C(=O)O)CS(=O)(=O)O)c3cc(CNc4ncc[nH]4)ccc3c2=O)C(=O)O)c(C)c1. The number of unbranched alkanes of at least 4 members (excludes halogenated alkanes) is 1. The Morgan fingerprint density at radius 3 is 1.67 bits per heavy atom. The summed E-state index contributed by atoms with van der Waals surface area (Å²) in [5.74, 6) is -10.9. The molecular weight excluding hydrogens is 1610 g/mol. The third-order valence-corrected chi connectivity index (χ3v) is 23.6. The number of nitrogens with zero attached hydrogens (tertiary/aromatic N) is 4. The molecule has 117 heavy (non-hydrogen) atoms. The molecular formula is C74H96N16O23S4. The molecule has 4 aromatic carbocycles. The van der Waals surface area contributed by atoms with Gasteiger partial charge in [0.25, 0.3) is 26.1 Å². The van der Waals surface area contributed by atoms with Crippen molar-refractivity contribution in [2.45, 2.75) is 179 Å². The van der Waals surface area contributed by atoms with Gasteiger partial charge in [0.05, 0.1) is 21.1 Å². The van der Waals surface area contributed by atoms with Gasteiger partial charge >= 0.3 is 18.0 Å². The van der Waals surface area contributed by atoms with Crippen LogP contribution in [0.3, 0.4) is 0 Å². The van der Waals surface area contributed by atoms with Gasteiger partial charge in [-0.15, -0.1) is 0 Å². The molecule has 0 fully saturated rings. The van der Waals surface area contributed by atoms with Gasteiger partial charge in [-0.1, -0.05) is 47.5 Å². The van der Waals surface area contributed by atoms with Crippen LogP contribution in [0.1, 0.15) is 131 Å². The molecule has 634 valence electrons. The fourth-order valence-electron chi connectivity index (χ4n) is 13.5. The van der Waals surface area contributed by atoms with E-state index in [4.69, 9.17) is 4.74 Å². The predicted molar refractivity (Wildman–Crippen MR) is 427 cm³/mol. The lowest BCUT2D eigenvalue weighted by atomic mass is 9.92. The van der Waals surface area contributed by atoms with Crippen molar-refractivity contribution >= 4 is 122 Å². The number of pyridine rings is 1. The minimum absolute atomic E-state index is 0.00439. The second kappa shape index (κ2) is 39.2. The second-order valence-electron chi connectivity index (χ2n) is 29.3. The van der Waals surface area contributed by atoms with Gasteiger partial charge < -0.3 is 76.9 Å². The van der Waals surface area contributed by atoms with Crippen molar-refractivity contribution in [1.82, 2.24) is 65.8 Å². The number of Topliss-reactive ketones (excluding diaryl/α,β-unsaturated/α-hetero) is 1. The van der Waals surface area contributed by atoms with E-state index in [1.807, 2.05) is 0 Å². The number of alkyl carbamates (subject to hydrolysis) is 1. The monoisotopic (exact) mass is 1700 g/mol. The first kappa shape index (κ1) is 91.3. The molecule has 39 nitrogen and oxygen atoms in total. The molecule has 7 aromatic rings. The van der Waals surface area contributed by atoms with E-state index in [-0.39, 0.29) is 90.4 Å². The number of imidazole rings is 2. The summed E-state index contributed by atoms with van der Waals surface area (Å²) in [5.41, 5.74) is 2.28. The van der Waals surface area contributed by atoms with E-state index in [0.29, 0.717) is 45.3 Å². The summed E-state index contributed by atoms with van der Waals surface area (Å²) in [4.78, 5) is 152. The van der Waals surface area contributed by atoms with Crippen molar-refractivity contribution in [3.05, 3.63) is 158 Å². The summed E-state index contributed by atoms with van der Waals surface area (Å²) in [6, 6.07) is 5.45. The Balaban J connectivity index is 0.951. The lowest BCUT2D eigenvalue weighted by Crippen LogP contribution is -2.55. The Morgan fingerprint density at radius 2 is 1.15 bits per heavy atom. The maximum atomic E-state index is 14.4. The van der Waals surface area contributed by atoms with Crippen LogP contribution in [0.2, 0.25) is 0 Å². The highest BCUT2D eigenvalue weighted by atomic mass is 32.2. The summed E-state index contributed by atoms with van der Waals surface area (Å²) < 4.78 is 136. The molecule has 1 unspecified atom stereocenters. The molecule has 6 amide bonds. The molecule has 0 radical (unpaired) electrons. The summed E-state index contributed by atoms with van der Waals surface area (Å²) >= 11 is 0.